The fourth-order valence-corrected chi connectivity index (χ4v) is 2.23. The lowest BCUT2D eigenvalue weighted by molar-refractivity contribution is -0.394. The molecule has 0 saturated heterocycles. The number of rotatable bonds is 5. The third-order valence-electron chi connectivity index (χ3n) is 2.58. The standard InChI is InChI=1S/C11H9N5O5S/c1-2-9-13-14-11(22-9)12-10(17)6-3-7(15(18)19)5-8(4-6)16(20)21/h3-5H,2H2,1H3,(H,12,14,17). The van der Waals surface area contributed by atoms with Gasteiger partial charge in [0.2, 0.25) is 5.13 Å². The summed E-state index contributed by atoms with van der Waals surface area (Å²) in [5.74, 6) is -0.731. The van der Waals surface area contributed by atoms with Crippen molar-refractivity contribution < 1.29 is 14.6 Å². The molecule has 2 aromatic rings. The first-order chi connectivity index (χ1) is 10.4. The van der Waals surface area contributed by atoms with E-state index in [2.05, 4.69) is 15.5 Å². The van der Waals surface area contributed by atoms with Crippen molar-refractivity contribution in [2.24, 2.45) is 0 Å². The fourth-order valence-electron chi connectivity index (χ4n) is 1.55. The Balaban J connectivity index is 2.31. The number of aromatic nitrogens is 2. The van der Waals surface area contributed by atoms with Crippen molar-refractivity contribution in [2.75, 3.05) is 5.32 Å². The average Bonchev–Trinajstić information content (AvgIpc) is 2.94. The Kier molecular flexibility index (Phi) is 4.36. The van der Waals surface area contributed by atoms with Gasteiger partial charge in [-0.1, -0.05) is 18.3 Å². The van der Waals surface area contributed by atoms with Crippen LogP contribution in [-0.2, 0) is 6.42 Å². The van der Waals surface area contributed by atoms with Gasteiger partial charge in [-0.3, -0.25) is 30.3 Å². The van der Waals surface area contributed by atoms with Crippen LogP contribution in [0.2, 0.25) is 0 Å². The number of non-ortho nitro benzene ring substituents is 2. The summed E-state index contributed by atoms with van der Waals surface area (Å²) in [4.78, 5) is 32.0. The van der Waals surface area contributed by atoms with E-state index in [1.165, 1.54) is 0 Å². The number of nitrogens with zero attached hydrogens (tertiary/aromatic N) is 4. The minimum atomic E-state index is -0.802. The summed E-state index contributed by atoms with van der Waals surface area (Å²) in [7, 11) is 0. The molecular formula is C11H9N5O5S. The van der Waals surface area contributed by atoms with Gasteiger partial charge < -0.3 is 0 Å². The maximum atomic E-state index is 12.0. The van der Waals surface area contributed by atoms with Gasteiger partial charge in [0.25, 0.3) is 17.3 Å². The van der Waals surface area contributed by atoms with Crippen LogP contribution in [0.1, 0.15) is 22.3 Å². The second kappa shape index (κ2) is 6.22. The van der Waals surface area contributed by atoms with E-state index >= 15 is 0 Å². The molecule has 0 atom stereocenters. The summed E-state index contributed by atoms with van der Waals surface area (Å²) in [6.45, 7) is 1.87. The molecule has 1 N–H and O–H groups in total. The summed E-state index contributed by atoms with van der Waals surface area (Å²) in [6.07, 6.45) is 0.649. The van der Waals surface area contributed by atoms with E-state index in [-0.39, 0.29) is 10.7 Å². The van der Waals surface area contributed by atoms with Gasteiger partial charge in [0.15, 0.2) is 0 Å². The summed E-state index contributed by atoms with van der Waals surface area (Å²) in [5, 5.41) is 32.4. The van der Waals surface area contributed by atoms with Crippen LogP contribution < -0.4 is 5.32 Å². The molecule has 1 aromatic carbocycles. The predicted molar refractivity (Wildman–Crippen MR) is 77.0 cm³/mol. The van der Waals surface area contributed by atoms with E-state index < -0.39 is 27.1 Å². The summed E-state index contributed by atoms with van der Waals surface area (Å²) in [6, 6.07) is 2.71. The van der Waals surface area contributed by atoms with Gasteiger partial charge in [0, 0.05) is 12.1 Å². The van der Waals surface area contributed by atoms with Crippen molar-refractivity contribution in [3.8, 4) is 0 Å². The van der Waals surface area contributed by atoms with E-state index in [1.54, 1.807) is 0 Å². The highest BCUT2D eigenvalue weighted by molar-refractivity contribution is 7.15. The molecule has 1 aromatic heterocycles. The number of nitro benzene ring substituents is 2. The van der Waals surface area contributed by atoms with E-state index in [1.807, 2.05) is 6.92 Å². The van der Waals surface area contributed by atoms with Crippen molar-refractivity contribution in [1.29, 1.82) is 0 Å². The molecule has 22 heavy (non-hydrogen) atoms. The summed E-state index contributed by atoms with van der Waals surface area (Å²) in [5.41, 5.74) is -1.27. The van der Waals surface area contributed by atoms with Gasteiger partial charge in [-0.2, -0.15) is 0 Å². The normalized spacial score (nSPS) is 10.2. The van der Waals surface area contributed by atoms with Gasteiger partial charge in [-0.25, -0.2) is 0 Å². The summed E-state index contributed by atoms with van der Waals surface area (Å²) >= 11 is 1.15. The molecule has 114 valence electrons. The minimum Gasteiger partial charge on any atom is -0.296 e. The SMILES string of the molecule is CCc1nnc(NC(=O)c2cc([N+](=O)[O-])cc([N+](=O)[O-])c2)s1. The van der Waals surface area contributed by atoms with E-state index in [9.17, 15) is 25.0 Å². The van der Waals surface area contributed by atoms with Crippen molar-refractivity contribution in [3.05, 3.63) is 49.0 Å². The highest BCUT2D eigenvalue weighted by Crippen LogP contribution is 2.24. The molecule has 0 unspecified atom stereocenters. The predicted octanol–water partition coefficient (Wildman–Crippen LogP) is 2.17. The Morgan fingerprint density at radius 2 is 1.77 bits per heavy atom. The minimum absolute atomic E-state index is 0.200. The number of hydrogen-bond donors (Lipinski definition) is 1. The molecule has 0 spiro atoms. The highest BCUT2D eigenvalue weighted by atomic mass is 32.1. The van der Waals surface area contributed by atoms with Crippen molar-refractivity contribution >= 4 is 33.8 Å². The van der Waals surface area contributed by atoms with Crippen LogP contribution in [0.15, 0.2) is 18.2 Å². The van der Waals surface area contributed by atoms with Crippen LogP contribution in [0.3, 0.4) is 0 Å². The van der Waals surface area contributed by atoms with Crippen molar-refractivity contribution in [1.82, 2.24) is 10.2 Å². The number of nitro groups is 2. The second-order valence-electron chi connectivity index (χ2n) is 4.06. The topological polar surface area (TPSA) is 141 Å². The Morgan fingerprint density at radius 3 is 2.23 bits per heavy atom. The average molecular weight is 323 g/mol. The molecule has 10 nitrogen and oxygen atoms in total. The monoisotopic (exact) mass is 323 g/mol. The van der Waals surface area contributed by atoms with Gasteiger partial charge in [-0.15, -0.1) is 10.2 Å². The lowest BCUT2D eigenvalue weighted by atomic mass is 10.1. The smallest absolute Gasteiger partial charge is 0.277 e. The number of amides is 1. The van der Waals surface area contributed by atoms with E-state index in [0.29, 0.717) is 11.4 Å². The number of hydrogen-bond acceptors (Lipinski definition) is 8. The first-order valence-electron chi connectivity index (χ1n) is 5.98. The van der Waals surface area contributed by atoms with E-state index in [4.69, 9.17) is 0 Å². The molecular weight excluding hydrogens is 314 g/mol. The first-order valence-corrected chi connectivity index (χ1v) is 6.80. The molecule has 0 aliphatic heterocycles. The number of benzene rings is 1. The van der Waals surface area contributed by atoms with Gasteiger partial charge in [-0.05, 0) is 6.42 Å². The zero-order valence-corrected chi connectivity index (χ0v) is 12.0. The quantitative estimate of drug-likeness (QED) is 0.656. The Bertz CT molecular complexity index is 727. The molecule has 0 fully saturated rings. The zero-order valence-electron chi connectivity index (χ0n) is 11.2. The Hall–Kier alpha value is -2.95. The third-order valence-corrected chi connectivity index (χ3v) is 3.56. The van der Waals surface area contributed by atoms with Crippen LogP contribution in [-0.4, -0.2) is 26.0 Å². The van der Waals surface area contributed by atoms with Gasteiger partial charge >= 0.3 is 0 Å². The largest absolute Gasteiger partial charge is 0.296 e. The molecule has 11 heteroatoms. The van der Waals surface area contributed by atoms with Crippen molar-refractivity contribution in [3.63, 3.8) is 0 Å². The number of aryl methyl sites for hydroxylation is 1. The molecule has 1 heterocycles. The maximum absolute atomic E-state index is 12.0. The molecule has 0 bridgehead atoms. The Morgan fingerprint density at radius 1 is 1.18 bits per heavy atom. The highest BCUT2D eigenvalue weighted by Gasteiger charge is 2.20. The first kappa shape index (κ1) is 15.4. The molecule has 2 rings (SSSR count). The van der Waals surface area contributed by atoms with Crippen LogP contribution in [0.25, 0.3) is 0 Å². The molecule has 0 aliphatic rings. The third kappa shape index (κ3) is 3.38. The second-order valence-corrected chi connectivity index (χ2v) is 5.12. The zero-order chi connectivity index (χ0) is 16.3. The molecule has 0 radical (unpaired) electrons. The van der Waals surface area contributed by atoms with Gasteiger partial charge in [0.1, 0.15) is 5.01 Å². The number of anilines is 1. The molecule has 1 amide bonds. The van der Waals surface area contributed by atoms with Crippen molar-refractivity contribution in [2.45, 2.75) is 13.3 Å². The number of carbonyl (C=O) groups excluding carboxylic acids is 1. The van der Waals surface area contributed by atoms with Crippen LogP contribution in [0, 0.1) is 20.2 Å². The van der Waals surface area contributed by atoms with Crippen LogP contribution >= 0.6 is 11.3 Å². The lowest BCUT2D eigenvalue weighted by Gasteiger charge is -2.01. The number of nitrogens with one attached hydrogen (secondary N) is 1. The lowest BCUT2D eigenvalue weighted by Crippen LogP contribution is -2.12. The van der Waals surface area contributed by atoms with E-state index in [0.717, 1.165) is 29.5 Å². The van der Waals surface area contributed by atoms with Crippen LogP contribution in [0.5, 0.6) is 0 Å². The molecule has 0 aliphatic carbocycles. The summed E-state index contributed by atoms with van der Waals surface area (Å²) < 4.78 is 0. The fraction of sp³-hybridized carbons (Fsp3) is 0.182. The maximum Gasteiger partial charge on any atom is 0.277 e. The van der Waals surface area contributed by atoms with Crippen LogP contribution in [0.4, 0.5) is 16.5 Å². The van der Waals surface area contributed by atoms with Gasteiger partial charge in [0.05, 0.1) is 21.5 Å². The number of carbonyl (C=O) groups is 1. The molecule has 0 saturated carbocycles. The Labute approximate surface area is 127 Å².